The molecule has 0 bridgehead atoms. The van der Waals surface area contributed by atoms with Crippen molar-refractivity contribution < 1.29 is 9.18 Å². The zero-order valence-electron chi connectivity index (χ0n) is 18.7. The third-order valence-electron chi connectivity index (χ3n) is 5.46. The maximum absolute atomic E-state index is 13.0. The third-order valence-corrected chi connectivity index (χ3v) is 5.46. The monoisotopic (exact) mass is 533 g/mol. The van der Waals surface area contributed by atoms with Crippen LogP contribution >= 0.6 is 24.0 Å². The molecule has 0 heterocycles. The van der Waals surface area contributed by atoms with E-state index in [1.807, 2.05) is 40.2 Å². The largest absolute Gasteiger partial charge is 0.357 e. The van der Waals surface area contributed by atoms with Crippen molar-refractivity contribution in [2.75, 3.05) is 47.3 Å². The van der Waals surface area contributed by atoms with Gasteiger partial charge in [0.05, 0.1) is 12.0 Å². The highest BCUT2D eigenvalue weighted by Gasteiger charge is 2.42. The van der Waals surface area contributed by atoms with Crippen LogP contribution in [0.25, 0.3) is 0 Å². The zero-order chi connectivity index (χ0) is 21.3. The second kappa shape index (κ2) is 13.1. The highest BCUT2D eigenvalue weighted by atomic mass is 127. The normalized spacial score (nSPS) is 15.6. The molecule has 0 radical (unpaired) electrons. The smallest absolute Gasteiger partial charge is 0.230 e. The van der Waals surface area contributed by atoms with Gasteiger partial charge in [-0.25, -0.2) is 4.39 Å². The highest BCUT2D eigenvalue weighted by Crippen LogP contribution is 2.39. The Bertz CT molecular complexity index is 675. The van der Waals surface area contributed by atoms with E-state index in [1.165, 1.54) is 12.1 Å². The fourth-order valence-electron chi connectivity index (χ4n) is 3.88. The number of likely N-dealkylation sites (N-methyl/N-ethyl adjacent to an activating group) is 1. The first-order valence-corrected chi connectivity index (χ1v) is 10.5. The summed E-state index contributed by atoms with van der Waals surface area (Å²) >= 11 is 0. The predicted octanol–water partition coefficient (Wildman–Crippen LogP) is 3.08. The lowest BCUT2D eigenvalue weighted by Crippen LogP contribution is -2.44. The number of guanidine groups is 1. The average molecular weight is 533 g/mol. The lowest BCUT2D eigenvalue weighted by molar-refractivity contribution is -0.138. The molecule has 170 valence electrons. The van der Waals surface area contributed by atoms with Crippen molar-refractivity contribution in [2.24, 2.45) is 10.4 Å². The second-order valence-electron chi connectivity index (χ2n) is 8.17. The van der Waals surface area contributed by atoms with Gasteiger partial charge in [0.25, 0.3) is 0 Å². The first-order chi connectivity index (χ1) is 13.9. The van der Waals surface area contributed by atoms with Gasteiger partial charge in [-0.15, -0.1) is 24.0 Å². The van der Waals surface area contributed by atoms with E-state index >= 15 is 0 Å². The Hall–Kier alpha value is -1.42. The Morgan fingerprint density at radius 2 is 1.77 bits per heavy atom. The molecule has 2 N–H and O–H groups in total. The standard InChI is InChI=1S/C22H36FN5O.HI/c1-5-24-21(26-17-22(12-6-7-13-22)20(29)27(2)3)25-14-15-28(4)16-18-8-10-19(23)11-9-18;/h8-11H,5-7,12-17H2,1-4H3,(H2,24,25,26);1H. The van der Waals surface area contributed by atoms with E-state index in [0.29, 0.717) is 6.54 Å². The molecule has 0 unspecified atom stereocenters. The number of nitrogens with one attached hydrogen (secondary N) is 2. The van der Waals surface area contributed by atoms with Crippen LogP contribution in [-0.4, -0.2) is 69.0 Å². The van der Waals surface area contributed by atoms with Crippen molar-refractivity contribution in [3.63, 3.8) is 0 Å². The van der Waals surface area contributed by atoms with Gasteiger partial charge in [0.2, 0.25) is 5.91 Å². The van der Waals surface area contributed by atoms with E-state index in [2.05, 4.69) is 15.5 Å². The molecule has 1 aromatic carbocycles. The molecule has 1 saturated carbocycles. The van der Waals surface area contributed by atoms with Crippen molar-refractivity contribution in [1.29, 1.82) is 0 Å². The molecule has 2 rings (SSSR count). The molecule has 0 spiro atoms. The van der Waals surface area contributed by atoms with E-state index in [-0.39, 0.29) is 41.1 Å². The summed E-state index contributed by atoms with van der Waals surface area (Å²) in [5.41, 5.74) is 0.727. The minimum absolute atomic E-state index is 0. The van der Waals surface area contributed by atoms with E-state index in [1.54, 1.807) is 4.90 Å². The molecule has 1 amide bonds. The average Bonchev–Trinajstić information content (AvgIpc) is 3.17. The quantitative estimate of drug-likeness (QED) is 0.291. The van der Waals surface area contributed by atoms with Crippen LogP contribution in [0.2, 0.25) is 0 Å². The number of nitrogens with zero attached hydrogens (tertiary/aromatic N) is 3. The van der Waals surface area contributed by atoms with E-state index < -0.39 is 0 Å². The lowest BCUT2D eigenvalue weighted by atomic mass is 9.85. The predicted molar refractivity (Wildman–Crippen MR) is 132 cm³/mol. The Kier molecular flexibility index (Phi) is 11.6. The van der Waals surface area contributed by atoms with Crippen LogP contribution in [0.3, 0.4) is 0 Å². The topological polar surface area (TPSA) is 60.0 Å². The van der Waals surface area contributed by atoms with Crippen molar-refractivity contribution in [1.82, 2.24) is 20.4 Å². The van der Waals surface area contributed by atoms with Gasteiger partial charge >= 0.3 is 0 Å². The van der Waals surface area contributed by atoms with Crippen molar-refractivity contribution >= 4 is 35.8 Å². The summed E-state index contributed by atoms with van der Waals surface area (Å²) in [6.45, 7) is 5.64. The van der Waals surface area contributed by atoms with Gasteiger partial charge in [-0.05, 0) is 44.5 Å². The van der Waals surface area contributed by atoms with Crippen LogP contribution in [0.4, 0.5) is 4.39 Å². The Labute approximate surface area is 197 Å². The number of hydrogen-bond donors (Lipinski definition) is 2. The fraction of sp³-hybridized carbons (Fsp3) is 0.636. The molecule has 0 saturated heterocycles. The highest BCUT2D eigenvalue weighted by molar-refractivity contribution is 14.0. The van der Waals surface area contributed by atoms with E-state index in [4.69, 9.17) is 4.99 Å². The van der Waals surface area contributed by atoms with Crippen LogP contribution in [0.15, 0.2) is 29.3 Å². The summed E-state index contributed by atoms with van der Waals surface area (Å²) in [5, 5.41) is 6.64. The van der Waals surface area contributed by atoms with Crippen LogP contribution in [0, 0.1) is 11.2 Å². The van der Waals surface area contributed by atoms with Gasteiger partial charge in [-0.3, -0.25) is 9.79 Å². The minimum Gasteiger partial charge on any atom is -0.357 e. The molecular formula is C22H37FIN5O. The molecule has 0 aromatic heterocycles. The van der Waals surface area contributed by atoms with Gasteiger partial charge in [-0.1, -0.05) is 25.0 Å². The Morgan fingerprint density at radius 3 is 2.33 bits per heavy atom. The third kappa shape index (κ3) is 8.02. The molecule has 30 heavy (non-hydrogen) atoms. The number of amides is 1. The molecule has 8 heteroatoms. The number of halogens is 2. The molecule has 0 atom stereocenters. The number of carbonyl (C=O) groups excluding carboxylic acids is 1. The number of carbonyl (C=O) groups is 1. The zero-order valence-corrected chi connectivity index (χ0v) is 21.0. The number of benzene rings is 1. The lowest BCUT2D eigenvalue weighted by Gasteiger charge is -2.29. The molecule has 1 fully saturated rings. The summed E-state index contributed by atoms with van der Waals surface area (Å²) in [7, 11) is 5.69. The van der Waals surface area contributed by atoms with Gasteiger partial charge in [-0.2, -0.15) is 0 Å². The van der Waals surface area contributed by atoms with Crippen molar-refractivity contribution in [3.8, 4) is 0 Å². The van der Waals surface area contributed by atoms with E-state index in [9.17, 15) is 9.18 Å². The molecule has 0 aliphatic heterocycles. The van der Waals surface area contributed by atoms with E-state index in [0.717, 1.165) is 63.4 Å². The number of aliphatic imine (C=N–C) groups is 1. The minimum atomic E-state index is -0.356. The Balaban J connectivity index is 0.00000450. The second-order valence-corrected chi connectivity index (χ2v) is 8.17. The van der Waals surface area contributed by atoms with Crippen molar-refractivity contribution in [2.45, 2.75) is 39.2 Å². The van der Waals surface area contributed by atoms with Crippen LogP contribution in [0.1, 0.15) is 38.2 Å². The van der Waals surface area contributed by atoms with Crippen LogP contribution in [0.5, 0.6) is 0 Å². The van der Waals surface area contributed by atoms with Crippen LogP contribution in [-0.2, 0) is 11.3 Å². The Morgan fingerprint density at radius 1 is 1.13 bits per heavy atom. The first-order valence-electron chi connectivity index (χ1n) is 10.5. The fourth-order valence-corrected chi connectivity index (χ4v) is 3.88. The maximum Gasteiger partial charge on any atom is 0.230 e. The molecule has 6 nitrogen and oxygen atoms in total. The summed E-state index contributed by atoms with van der Waals surface area (Å²) < 4.78 is 13.0. The molecular weight excluding hydrogens is 496 g/mol. The summed E-state index contributed by atoms with van der Waals surface area (Å²) in [6, 6.07) is 6.61. The van der Waals surface area contributed by atoms with Gasteiger partial charge in [0.1, 0.15) is 5.82 Å². The summed E-state index contributed by atoms with van der Waals surface area (Å²) in [4.78, 5) is 21.3. The van der Waals surface area contributed by atoms with Crippen molar-refractivity contribution in [3.05, 3.63) is 35.6 Å². The van der Waals surface area contributed by atoms with Gasteiger partial charge < -0.3 is 20.4 Å². The summed E-state index contributed by atoms with van der Waals surface area (Å²) in [6.07, 6.45) is 4.00. The number of rotatable bonds is 9. The van der Waals surface area contributed by atoms with Gasteiger partial charge in [0, 0.05) is 40.3 Å². The van der Waals surface area contributed by atoms with Gasteiger partial charge in [0.15, 0.2) is 5.96 Å². The maximum atomic E-state index is 13.0. The molecule has 1 aliphatic rings. The first kappa shape index (κ1) is 26.6. The SMILES string of the molecule is CCNC(=NCC1(C(=O)N(C)C)CCCC1)NCCN(C)Cc1ccc(F)cc1.I. The molecule has 1 aliphatic carbocycles. The number of hydrogen-bond acceptors (Lipinski definition) is 3. The molecule has 1 aromatic rings. The van der Waals surface area contributed by atoms with Crippen LogP contribution < -0.4 is 10.6 Å². The summed E-state index contributed by atoms with van der Waals surface area (Å²) in [5.74, 6) is 0.728.